The average Bonchev–Trinajstić information content (AvgIpc) is 3.01. The molecule has 0 bridgehead atoms. The second-order valence-corrected chi connectivity index (χ2v) is 10.6. The number of hydrogen-bond donors (Lipinski definition) is 4. The zero-order chi connectivity index (χ0) is 35.5. The van der Waals surface area contributed by atoms with Crippen molar-refractivity contribution in [1.29, 1.82) is 0 Å². The van der Waals surface area contributed by atoms with Gasteiger partial charge in [-0.1, -0.05) is 23.7 Å². The van der Waals surface area contributed by atoms with Crippen molar-refractivity contribution in [2.24, 2.45) is 10.7 Å². The Morgan fingerprint density at radius 2 is 1.50 bits per heavy atom. The molecule has 0 saturated carbocycles. The number of guanidine groups is 1. The molecular weight excluding hydrogens is 658 g/mol. The number of nitrogens with zero attached hydrogens (tertiary/aromatic N) is 3. The van der Waals surface area contributed by atoms with Gasteiger partial charge in [0.25, 0.3) is 5.91 Å². The van der Waals surface area contributed by atoms with Crippen LogP contribution in [0.3, 0.4) is 0 Å². The summed E-state index contributed by atoms with van der Waals surface area (Å²) in [5.74, 6) is -4.27. The second kappa shape index (κ2) is 17.1. The highest BCUT2D eigenvalue weighted by Gasteiger charge is 2.55. The smallest absolute Gasteiger partial charge is 0.339 e. The third-order valence-electron chi connectivity index (χ3n) is 6.53. The Labute approximate surface area is 279 Å². The molecule has 1 aliphatic rings. The van der Waals surface area contributed by atoms with Crippen LogP contribution in [0.4, 0.5) is 11.6 Å². The van der Waals surface area contributed by atoms with E-state index in [1.165, 1.54) is 0 Å². The minimum absolute atomic E-state index is 0.112. The normalized spacial score (nSPS) is 20.6. The van der Waals surface area contributed by atoms with Gasteiger partial charge in [0, 0.05) is 27.3 Å². The number of rotatable bonds is 12. The Morgan fingerprint density at radius 1 is 0.896 bits per heavy atom. The predicted octanol–water partition coefficient (Wildman–Crippen LogP) is 0.434. The second-order valence-electron chi connectivity index (χ2n) is 10.2. The first-order valence-corrected chi connectivity index (χ1v) is 14.8. The number of methoxy groups -OCH3 is 1. The van der Waals surface area contributed by atoms with Gasteiger partial charge in [-0.2, -0.15) is 0 Å². The van der Waals surface area contributed by atoms with E-state index in [9.17, 15) is 24.0 Å². The summed E-state index contributed by atoms with van der Waals surface area (Å²) in [6.07, 6.45) is -5.46. The number of aryl methyl sites for hydroxylation is 1. The van der Waals surface area contributed by atoms with E-state index in [0.717, 1.165) is 33.4 Å². The minimum atomic E-state index is -1.58. The van der Waals surface area contributed by atoms with Crippen molar-refractivity contribution in [2.75, 3.05) is 25.1 Å². The highest BCUT2D eigenvalue weighted by molar-refractivity contribution is 6.31. The first-order valence-electron chi connectivity index (χ1n) is 14.4. The number of halogens is 1. The number of anilines is 2. The number of amides is 1. The van der Waals surface area contributed by atoms with Gasteiger partial charge in [0.2, 0.25) is 12.4 Å². The number of aromatic nitrogens is 2. The molecule has 2 heterocycles. The van der Waals surface area contributed by atoms with Gasteiger partial charge in [-0.05, 0) is 37.0 Å². The molecule has 1 aliphatic heterocycles. The molecule has 0 radical (unpaired) electrons. The number of carbonyl (C=O) groups is 5. The fourth-order valence-electron chi connectivity index (χ4n) is 4.51. The summed E-state index contributed by atoms with van der Waals surface area (Å²) in [7, 11) is 1.09. The Bertz CT molecular complexity index is 1540. The van der Waals surface area contributed by atoms with Crippen LogP contribution < -0.4 is 27.3 Å². The van der Waals surface area contributed by atoms with Gasteiger partial charge in [-0.3, -0.25) is 29.5 Å². The third-order valence-corrected chi connectivity index (χ3v) is 6.81. The van der Waals surface area contributed by atoms with Crippen LogP contribution in [-0.4, -0.2) is 90.1 Å². The highest BCUT2D eigenvalue weighted by Crippen LogP contribution is 2.31. The van der Waals surface area contributed by atoms with Crippen molar-refractivity contribution < 1.29 is 52.4 Å². The SMILES string of the molecule is COC(=O)C1OC(Oc2ccc(CCCCN=C(N)NC(=O)c3nc(Cl)c(N)nc3N)cc2)C(OC(C)=O)C(OC(C)=O)C1OC(C)=O. The number of nitrogens with one attached hydrogen (secondary N) is 1. The number of hydrogen-bond acceptors (Lipinski definition) is 16. The van der Waals surface area contributed by atoms with E-state index in [0.29, 0.717) is 25.8 Å². The molecule has 1 fully saturated rings. The van der Waals surface area contributed by atoms with Crippen LogP contribution in [0, 0.1) is 0 Å². The van der Waals surface area contributed by atoms with E-state index < -0.39 is 60.5 Å². The van der Waals surface area contributed by atoms with Gasteiger partial charge in [0.05, 0.1) is 7.11 Å². The Balaban J connectivity index is 1.62. The van der Waals surface area contributed by atoms with E-state index in [4.69, 9.17) is 57.2 Å². The van der Waals surface area contributed by atoms with Crippen LogP contribution >= 0.6 is 11.6 Å². The summed E-state index contributed by atoms with van der Waals surface area (Å²) >= 11 is 5.80. The van der Waals surface area contributed by atoms with Crippen LogP contribution in [0.15, 0.2) is 29.3 Å². The van der Waals surface area contributed by atoms with Gasteiger partial charge in [-0.25, -0.2) is 14.8 Å². The monoisotopic (exact) mass is 693 g/mol. The molecule has 7 N–H and O–H groups in total. The Hall–Kier alpha value is -5.23. The molecule has 1 amide bonds. The van der Waals surface area contributed by atoms with E-state index in [1.807, 2.05) is 0 Å². The molecule has 0 spiro atoms. The van der Waals surface area contributed by atoms with Crippen molar-refractivity contribution in [1.82, 2.24) is 15.3 Å². The molecule has 2 aromatic rings. The third kappa shape index (κ3) is 10.4. The highest BCUT2D eigenvalue weighted by atomic mass is 35.5. The molecule has 1 saturated heterocycles. The van der Waals surface area contributed by atoms with Crippen LogP contribution in [-0.2, 0) is 49.3 Å². The zero-order valence-corrected chi connectivity index (χ0v) is 27.2. The first kappa shape index (κ1) is 37.2. The average molecular weight is 694 g/mol. The Morgan fingerprint density at radius 3 is 2.10 bits per heavy atom. The minimum Gasteiger partial charge on any atom is -0.467 e. The summed E-state index contributed by atoms with van der Waals surface area (Å²) < 4.78 is 32.4. The van der Waals surface area contributed by atoms with Gasteiger partial charge in [0.1, 0.15) is 5.75 Å². The number of nitrogens with two attached hydrogens (primary N) is 3. The van der Waals surface area contributed by atoms with Crippen LogP contribution in [0.1, 0.15) is 49.7 Å². The van der Waals surface area contributed by atoms with Crippen molar-refractivity contribution in [3.63, 3.8) is 0 Å². The molecule has 19 heteroatoms. The lowest BCUT2D eigenvalue weighted by atomic mass is 9.97. The fraction of sp³-hybridized carbons (Fsp3) is 0.448. The molecule has 18 nitrogen and oxygen atoms in total. The topological polar surface area (TPSA) is 269 Å². The largest absolute Gasteiger partial charge is 0.467 e. The molecule has 1 aromatic heterocycles. The number of benzene rings is 1. The summed E-state index contributed by atoms with van der Waals surface area (Å²) in [6, 6.07) is 6.81. The van der Waals surface area contributed by atoms with Gasteiger partial charge in [0.15, 0.2) is 46.8 Å². The van der Waals surface area contributed by atoms with Gasteiger partial charge >= 0.3 is 23.9 Å². The van der Waals surface area contributed by atoms with Crippen molar-refractivity contribution in [3.8, 4) is 5.75 Å². The number of unbranched alkanes of at least 4 members (excludes halogenated alkanes) is 1. The summed E-state index contributed by atoms with van der Waals surface area (Å²) in [5.41, 5.74) is 17.7. The lowest BCUT2D eigenvalue weighted by Crippen LogP contribution is -2.64. The lowest BCUT2D eigenvalue weighted by molar-refractivity contribution is -0.282. The summed E-state index contributed by atoms with van der Waals surface area (Å²) in [5, 5.41) is 2.19. The van der Waals surface area contributed by atoms with E-state index in [2.05, 4.69) is 20.3 Å². The molecule has 1 aromatic carbocycles. The maximum absolute atomic E-state index is 12.6. The predicted molar refractivity (Wildman–Crippen MR) is 167 cm³/mol. The van der Waals surface area contributed by atoms with Crippen molar-refractivity contribution in [3.05, 3.63) is 40.7 Å². The Kier molecular flexibility index (Phi) is 13.2. The maximum atomic E-state index is 12.6. The fourth-order valence-corrected chi connectivity index (χ4v) is 4.63. The van der Waals surface area contributed by atoms with Gasteiger partial charge in [-0.15, -0.1) is 0 Å². The van der Waals surface area contributed by atoms with Crippen LogP contribution in [0.5, 0.6) is 5.75 Å². The van der Waals surface area contributed by atoms with Crippen molar-refractivity contribution >= 4 is 59.0 Å². The maximum Gasteiger partial charge on any atom is 0.339 e. The van der Waals surface area contributed by atoms with Crippen LogP contribution in [0.25, 0.3) is 0 Å². The molecular formula is C29H36ClN7O11. The first-order chi connectivity index (χ1) is 22.7. The van der Waals surface area contributed by atoms with Crippen molar-refractivity contribution in [2.45, 2.75) is 70.7 Å². The number of esters is 4. The van der Waals surface area contributed by atoms with Crippen LogP contribution in [0.2, 0.25) is 5.15 Å². The summed E-state index contributed by atoms with van der Waals surface area (Å²) in [4.78, 5) is 72.4. The molecule has 0 aliphatic carbocycles. The lowest BCUT2D eigenvalue weighted by Gasteiger charge is -2.43. The quantitative estimate of drug-likeness (QED) is 0.0771. The van der Waals surface area contributed by atoms with E-state index in [-0.39, 0.29) is 34.2 Å². The molecule has 3 rings (SSSR count). The molecule has 48 heavy (non-hydrogen) atoms. The standard InChI is InChI=1S/C29H36ClN7O11/c1-13(38)44-19-20(45-14(2)39)22(46-15(3)40)28(48-21(19)27(42)43-4)47-17-10-8-16(9-11-17)7-5-6-12-34-29(33)37-26(41)18-24(31)36-25(32)23(30)35-18/h8-11,19-22,28H,5-7,12H2,1-4H3,(H4,31,32,36)(H3,33,34,37,41). The van der Waals surface area contributed by atoms with Gasteiger partial charge < -0.3 is 45.6 Å². The summed E-state index contributed by atoms with van der Waals surface area (Å²) in [6.45, 7) is 3.61. The number of nitrogen functional groups attached to an aromatic ring is 2. The molecule has 5 unspecified atom stereocenters. The number of carbonyl (C=O) groups excluding carboxylic acids is 5. The molecule has 5 atom stereocenters. The number of ether oxygens (including phenoxy) is 6. The zero-order valence-electron chi connectivity index (χ0n) is 26.5. The van der Waals surface area contributed by atoms with E-state index in [1.54, 1.807) is 24.3 Å². The molecule has 260 valence electrons. The van der Waals surface area contributed by atoms with E-state index >= 15 is 0 Å². The number of aliphatic imine (C=N–C) groups is 1.